The molecule has 4 heteroatoms. The van der Waals surface area contributed by atoms with Gasteiger partial charge in [0.1, 0.15) is 5.78 Å². The van der Waals surface area contributed by atoms with Crippen LogP contribution in [0.25, 0.3) is 0 Å². The number of ketones is 1. The van der Waals surface area contributed by atoms with Crippen LogP contribution in [0.1, 0.15) is 25.7 Å². The molecule has 1 saturated heterocycles. The SMILES string of the molecule is O=C(CC1CCS(=O)(=O)C1)C1CC1. The van der Waals surface area contributed by atoms with E-state index in [1.54, 1.807) is 0 Å². The van der Waals surface area contributed by atoms with Gasteiger partial charge in [-0.1, -0.05) is 0 Å². The average Bonchev–Trinajstić information content (AvgIpc) is 2.78. The zero-order valence-electron chi connectivity index (χ0n) is 7.53. The maximum absolute atomic E-state index is 11.4. The van der Waals surface area contributed by atoms with Crippen molar-refractivity contribution in [2.75, 3.05) is 11.5 Å². The number of carbonyl (C=O) groups excluding carboxylic acids is 1. The van der Waals surface area contributed by atoms with Gasteiger partial charge in [0.2, 0.25) is 0 Å². The molecule has 74 valence electrons. The fourth-order valence-electron chi connectivity index (χ4n) is 1.89. The van der Waals surface area contributed by atoms with Crippen LogP contribution < -0.4 is 0 Å². The molecule has 0 aromatic carbocycles. The van der Waals surface area contributed by atoms with Crippen LogP contribution in [-0.2, 0) is 14.6 Å². The monoisotopic (exact) mass is 202 g/mol. The third-order valence-corrected chi connectivity index (χ3v) is 4.69. The van der Waals surface area contributed by atoms with Crippen molar-refractivity contribution in [2.24, 2.45) is 11.8 Å². The van der Waals surface area contributed by atoms with E-state index in [1.807, 2.05) is 0 Å². The second-order valence-corrected chi connectivity index (χ2v) is 6.44. The summed E-state index contributed by atoms with van der Waals surface area (Å²) in [6.45, 7) is 0. The van der Waals surface area contributed by atoms with Crippen molar-refractivity contribution in [1.82, 2.24) is 0 Å². The summed E-state index contributed by atoms with van der Waals surface area (Å²) in [4.78, 5) is 11.4. The first-order valence-corrected chi connectivity index (χ1v) is 6.62. The molecule has 1 heterocycles. The van der Waals surface area contributed by atoms with E-state index in [1.165, 1.54) is 0 Å². The number of carbonyl (C=O) groups is 1. The van der Waals surface area contributed by atoms with Gasteiger partial charge in [-0.2, -0.15) is 0 Å². The normalized spacial score (nSPS) is 31.8. The maximum Gasteiger partial charge on any atom is 0.150 e. The van der Waals surface area contributed by atoms with Gasteiger partial charge in [-0.3, -0.25) is 4.79 Å². The molecule has 2 aliphatic rings. The molecule has 2 rings (SSSR count). The van der Waals surface area contributed by atoms with Gasteiger partial charge in [0.25, 0.3) is 0 Å². The summed E-state index contributed by atoms with van der Waals surface area (Å²) in [5.74, 6) is 1.23. The van der Waals surface area contributed by atoms with Gasteiger partial charge in [-0.25, -0.2) is 8.42 Å². The van der Waals surface area contributed by atoms with E-state index in [9.17, 15) is 13.2 Å². The fourth-order valence-corrected chi connectivity index (χ4v) is 3.75. The molecule has 2 fully saturated rings. The van der Waals surface area contributed by atoms with Gasteiger partial charge in [-0.05, 0) is 25.2 Å². The summed E-state index contributed by atoms with van der Waals surface area (Å²) < 4.78 is 22.2. The Morgan fingerprint density at radius 3 is 2.38 bits per heavy atom. The van der Waals surface area contributed by atoms with Gasteiger partial charge >= 0.3 is 0 Å². The molecule has 3 nitrogen and oxygen atoms in total. The van der Waals surface area contributed by atoms with E-state index >= 15 is 0 Å². The lowest BCUT2D eigenvalue weighted by molar-refractivity contribution is -0.120. The second-order valence-electron chi connectivity index (χ2n) is 4.21. The van der Waals surface area contributed by atoms with E-state index in [0.717, 1.165) is 12.8 Å². The van der Waals surface area contributed by atoms with E-state index in [-0.39, 0.29) is 23.3 Å². The molecular weight excluding hydrogens is 188 g/mol. The standard InChI is InChI=1S/C9H14O3S/c10-9(8-1-2-8)5-7-3-4-13(11,12)6-7/h7-8H,1-6H2. The highest BCUT2D eigenvalue weighted by Gasteiger charge is 2.34. The smallest absolute Gasteiger partial charge is 0.150 e. The summed E-state index contributed by atoms with van der Waals surface area (Å²) in [7, 11) is -2.80. The molecule has 0 amide bonds. The molecule has 0 radical (unpaired) electrons. The molecule has 1 unspecified atom stereocenters. The van der Waals surface area contributed by atoms with E-state index in [2.05, 4.69) is 0 Å². The van der Waals surface area contributed by atoms with Crippen molar-refractivity contribution in [2.45, 2.75) is 25.7 Å². The Morgan fingerprint density at radius 2 is 1.92 bits per heavy atom. The Bertz CT molecular complexity index is 314. The quantitative estimate of drug-likeness (QED) is 0.680. The van der Waals surface area contributed by atoms with Crippen molar-refractivity contribution < 1.29 is 13.2 Å². The Hall–Kier alpha value is -0.380. The largest absolute Gasteiger partial charge is 0.299 e. The van der Waals surface area contributed by atoms with Crippen molar-refractivity contribution in [3.8, 4) is 0 Å². The molecule has 1 aliphatic heterocycles. The highest BCUT2D eigenvalue weighted by Crippen LogP contribution is 2.33. The molecule has 1 atom stereocenters. The summed E-state index contributed by atoms with van der Waals surface area (Å²) in [6, 6.07) is 0. The predicted molar refractivity (Wildman–Crippen MR) is 49.1 cm³/mol. The van der Waals surface area contributed by atoms with E-state index < -0.39 is 9.84 Å². The first kappa shape index (κ1) is 9.19. The summed E-state index contributed by atoms with van der Waals surface area (Å²) >= 11 is 0. The Morgan fingerprint density at radius 1 is 1.23 bits per heavy atom. The van der Waals surface area contributed by atoms with E-state index in [0.29, 0.717) is 18.6 Å². The third-order valence-electron chi connectivity index (χ3n) is 2.85. The van der Waals surface area contributed by atoms with Crippen LogP contribution in [0.3, 0.4) is 0 Å². The highest BCUT2D eigenvalue weighted by molar-refractivity contribution is 7.91. The molecule has 13 heavy (non-hydrogen) atoms. The molecule has 1 aliphatic carbocycles. The minimum Gasteiger partial charge on any atom is -0.299 e. The van der Waals surface area contributed by atoms with E-state index in [4.69, 9.17) is 0 Å². The molecular formula is C9H14O3S. The number of hydrogen-bond acceptors (Lipinski definition) is 3. The first-order chi connectivity index (χ1) is 6.07. The lowest BCUT2D eigenvalue weighted by Crippen LogP contribution is -2.11. The molecule has 0 aromatic heterocycles. The molecule has 0 aromatic rings. The van der Waals surface area contributed by atoms with Crippen LogP contribution in [0, 0.1) is 11.8 Å². The van der Waals surface area contributed by atoms with Gasteiger partial charge in [0.05, 0.1) is 11.5 Å². The number of rotatable bonds is 3. The maximum atomic E-state index is 11.4. The van der Waals surface area contributed by atoms with Crippen LogP contribution in [-0.4, -0.2) is 25.7 Å². The van der Waals surface area contributed by atoms with Crippen molar-refractivity contribution in [3.05, 3.63) is 0 Å². The Kier molecular flexibility index (Phi) is 2.18. The van der Waals surface area contributed by atoms with Gasteiger partial charge in [-0.15, -0.1) is 0 Å². The third kappa shape index (κ3) is 2.30. The second kappa shape index (κ2) is 3.08. The topological polar surface area (TPSA) is 51.2 Å². The van der Waals surface area contributed by atoms with Crippen LogP contribution in [0.4, 0.5) is 0 Å². The van der Waals surface area contributed by atoms with Crippen LogP contribution >= 0.6 is 0 Å². The molecule has 0 N–H and O–H groups in total. The lowest BCUT2D eigenvalue weighted by atomic mass is 10.00. The van der Waals surface area contributed by atoms with Crippen molar-refractivity contribution in [3.63, 3.8) is 0 Å². The molecule has 0 bridgehead atoms. The van der Waals surface area contributed by atoms with Gasteiger partial charge in [0.15, 0.2) is 9.84 Å². The van der Waals surface area contributed by atoms with Crippen molar-refractivity contribution >= 4 is 15.6 Å². The summed E-state index contributed by atoms with van der Waals surface area (Å²) in [6.07, 6.45) is 3.25. The Labute approximate surface area is 78.4 Å². The van der Waals surface area contributed by atoms with Crippen LogP contribution in [0.15, 0.2) is 0 Å². The highest BCUT2D eigenvalue weighted by atomic mass is 32.2. The first-order valence-electron chi connectivity index (χ1n) is 4.80. The van der Waals surface area contributed by atoms with Crippen LogP contribution in [0.2, 0.25) is 0 Å². The lowest BCUT2D eigenvalue weighted by Gasteiger charge is -2.04. The molecule has 0 spiro atoms. The zero-order chi connectivity index (χ0) is 9.47. The average molecular weight is 202 g/mol. The van der Waals surface area contributed by atoms with Gasteiger partial charge < -0.3 is 0 Å². The number of Topliss-reactive ketones (excluding diaryl/α,β-unsaturated/α-hetero) is 1. The van der Waals surface area contributed by atoms with Crippen molar-refractivity contribution in [1.29, 1.82) is 0 Å². The fraction of sp³-hybridized carbons (Fsp3) is 0.889. The Balaban J connectivity index is 1.86. The minimum atomic E-state index is -2.80. The number of sulfone groups is 1. The molecule has 1 saturated carbocycles. The number of hydrogen-bond donors (Lipinski definition) is 0. The van der Waals surface area contributed by atoms with Gasteiger partial charge in [0, 0.05) is 12.3 Å². The predicted octanol–water partition coefficient (Wildman–Crippen LogP) is 0.790. The summed E-state index contributed by atoms with van der Waals surface area (Å²) in [5, 5.41) is 0. The summed E-state index contributed by atoms with van der Waals surface area (Å²) in [5.41, 5.74) is 0. The zero-order valence-corrected chi connectivity index (χ0v) is 8.35. The minimum absolute atomic E-state index is 0.123. The van der Waals surface area contributed by atoms with Crippen LogP contribution in [0.5, 0.6) is 0 Å².